The van der Waals surface area contributed by atoms with Gasteiger partial charge in [-0.2, -0.15) is 0 Å². The van der Waals surface area contributed by atoms with Crippen LogP contribution in [0.4, 0.5) is 0 Å². The lowest BCUT2D eigenvalue weighted by Gasteiger charge is -2.05. The topological polar surface area (TPSA) is 38.1 Å². The largest absolute Gasteiger partial charge is 0.467 e. The van der Waals surface area contributed by atoms with Crippen molar-refractivity contribution in [1.82, 2.24) is 10.3 Å². The van der Waals surface area contributed by atoms with Gasteiger partial charge in [0.05, 0.1) is 18.3 Å². The Hall–Kier alpha value is -2.13. The van der Waals surface area contributed by atoms with Gasteiger partial charge < -0.3 is 9.73 Å². The van der Waals surface area contributed by atoms with Crippen LogP contribution >= 0.6 is 0 Å². The second kappa shape index (κ2) is 4.76. The Balaban J connectivity index is 1.69. The van der Waals surface area contributed by atoms with E-state index >= 15 is 0 Å². The van der Waals surface area contributed by atoms with Crippen molar-refractivity contribution in [3.05, 3.63) is 54.6 Å². The third-order valence-electron chi connectivity index (χ3n) is 3.78. The number of aromatic nitrogens is 1. The van der Waals surface area contributed by atoms with E-state index in [-0.39, 0.29) is 0 Å². The number of rotatable bonds is 4. The van der Waals surface area contributed by atoms with Gasteiger partial charge in [0.25, 0.3) is 0 Å². The summed E-state index contributed by atoms with van der Waals surface area (Å²) < 4.78 is 5.62. The molecular weight excluding hydrogens is 248 g/mol. The molecule has 0 aliphatic heterocycles. The molecule has 20 heavy (non-hydrogen) atoms. The van der Waals surface area contributed by atoms with E-state index in [0.29, 0.717) is 6.04 Å². The van der Waals surface area contributed by atoms with Crippen molar-refractivity contribution >= 4 is 10.9 Å². The molecule has 2 aromatic heterocycles. The predicted molar refractivity (Wildman–Crippen MR) is 79.3 cm³/mol. The number of nitrogens with zero attached hydrogens (tertiary/aromatic N) is 1. The van der Waals surface area contributed by atoms with Gasteiger partial charge in [-0.05, 0) is 31.0 Å². The van der Waals surface area contributed by atoms with Gasteiger partial charge in [0.15, 0.2) is 0 Å². The minimum Gasteiger partial charge on any atom is -0.467 e. The van der Waals surface area contributed by atoms with Crippen molar-refractivity contribution in [3.8, 4) is 11.1 Å². The highest BCUT2D eigenvalue weighted by Crippen LogP contribution is 2.28. The first-order valence-corrected chi connectivity index (χ1v) is 7.05. The van der Waals surface area contributed by atoms with E-state index in [1.54, 1.807) is 6.26 Å². The summed E-state index contributed by atoms with van der Waals surface area (Å²) in [5, 5.41) is 4.65. The molecule has 0 spiro atoms. The Bertz CT molecular complexity index is 743. The highest BCUT2D eigenvalue weighted by atomic mass is 16.3. The second-order valence-corrected chi connectivity index (χ2v) is 5.33. The van der Waals surface area contributed by atoms with Gasteiger partial charge in [0, 0.05) is 28.8 Å². The zero-order valence-corrected chi connectivity index (χ0v) is 11.2. The lowest BCUT2D eigenvalue weighted by molar-refractivity contribution is 0.483. The Kier molecular flexibility index (Phi) is 2.78. The van der Waals surface area contributed by atoms with E-state index < -0.39 is 0 Å². The molecule has 1 saturated carbocycles. The maximum absolute atomic E-state index is 5.62. The number of nitrogens with one attached hydrogen (secondary N) is 1. The average molecular weight is 264 g/mol. The van der Waals surface area contributed by atoms with Gasteiger partial charge in [0.2, 0.25) is 0 Å². The summed E-state index contributed by atoms with van der Waals surface area (Å²) in [4.78, 5) is 4.52. The summed E-state index contributed by atoms with van der Waals surface area (Å²) in [6, 6.07) is 13.1. The normalized spacial score (nSPS) is 14.8. The van der Waals surface area contributed by atoms with E-state index in [0.717, 1.165) is 34.3 Å². The molecule has 0 bridgehead atoms. The molecule has 100 valence electrons. The van der Waals surface area contributed by atoms with Gasteiger partial charge in [-0.25, -0.2) is 0 Å². The summed E-state index contributed by atoms with van der Waals surface area (Å²) in [5.41, 5.74) is 3.28. The highest BCUT2D eigenvalue weighted by molar-refractivity contribution is 5.83. The molecular formula is C17H16N2O. The Labute approximate surface area is 117 Å². The SMILES string of the molecule is c1ccc2ncc(-c3ccoc3CNC3CC3)cc2c1. The zero-order valence-electron chi connectivity index (χ0n) is 11.2. The first-order chi connectivity index (χ1) is 9.90. The maximum atomic E-state index is 5.62. The first-order valence-electron chi connectivity index (χ1n) is 7.05. The Morgan fingerprint density at radius 3 is 3.00 bits per heavy atom. The number of para-hydroxylation sites is 1. The molecule has 1 N–H and O–H groups in total. The molecule has 3 nitrogen and oxygen atoms in total. The van der Waals surface area contributed by atoms with Crippen LogP contribution in [0.25, 0.3) is 22.0 Å². The molecule has 3 heteroatoms. The summed E-state index contributed by atoms with van der Waals surface area (Å²) in [7, 11) is 0. The highest BCUT2D eigenvalue weighted by Gasteiger charge is 2.21. The summed E-state index contributed by atoms with van der Waals surface area (Å²) >= 11 is 0. The number of furan rings is 1. The van der Waals surface area contributed by atoms with Gasteiger partial charge >= 0.3 is 0 Å². The van der Waals surface area contributed by atoms with Crippen molar-refractivity contribution in [2.45, 2.75) is 25.4 Å². The fourth-order valence-electron chi connectivity index (χ4n) is 2.48. The Morgan fingerprint density at radius 1 is 1.20 bits per heavy atom. The van der Waals surface area contributed by atoms with Crippen LogP contribution in [0, 0.1) is 0 Å². The van der Waals surface area contributed by atoms with Crippen LogP contribution in [-0.2, 0) is 6.54 Å². The van der Waals surface area contributed by atoms with Crippen molar-refractivity contribution in [2.24, 2.45) is 0 Å². The van der Waals surface area contributed by atoms with Crippen LogP contribution < -0.4 is 5.32 Å². The van der Waals surface area contributed by atoms with Crippen molar-refractivity contribution in [1.29, 1.82) is 0 Å². The fraction of sp³-hybridized carbons (Fsp3) is 0.235. The minimum atomic E-state index is 0.683. The third kappa shape index (κ3) is 2.21. The molecule has 1 aromatic carbocycles. The van der Waals surface area contributed by atoms with E-state index in [1.165, 1.54) is 12.8 Å². The lowest BCUT2D eigenvalue weighted by atomic mass is 10.1. The van der Waals surface area contributed by atoms with Gasteiger partial charge in [-0.3, -0.25) is 4.98 Å². The lowest BCUT2D eigenvalue weighted by Crippen LogP contribution is -2.15. The second-order valence-electron chi connectivity index (χ2n) is 5.33. The molecule has 2 heterocycles. The summed E-state index contributed by atoms with van der Waals surface area (Å²) in [6.45, 7) is 0.791. The zero-order chi connectivity index (χ0) is 13.4. The number of hydrogen-bond donors (Lipinski definition) is 1. The van der Waals surface area contributed by atoms with Gasteiger partial charge in [-0.15, -0.1) is 0 Å². The van der Waals surface area contributed by atoms with E-state index in [2.05, 4.69) is 22.4 Å². The van der Waals surface area contributed by atoms with Crippen LogP contribution in [0.1, 0.15) is 18.6 Å². The molecule has 0 amide bonds. The molecule has 0 radical (unpaired) electrons. The molecule has 0 saturated heterocycles. The molecule has 0 unspecified atom stereocenters. The van der Waals surface area contributed by atoms with Crippen molar-refractivity contribution in [3.63, 3.8) is 0 Å². The fourth-order valence-corrected chi connectivity index (χ4v) is 2.48. The molecule has 1 aliphatic rings. The number of pyridine rings is 1. The maximum Gasteiger partial charge on any atom is 0.125 e. The number of hydrogen-bond acceptors (Lipinski definition) is 3. The summed E-state index contributed by atoms with van der Waals surface area (Å²) in [5.74, 6) is 0.994. The average Bonchev–Trinajstić information content (AvgIpc) is 3.21. The smallest absolute Gasteiger partial charge is 0.125 e. The molecule has 1 aliphatic carbocycles. The third-order valence-corrected chi connectivity index (χ3v) is 3.78. The van der Waals surface area contributed by atoms with Crippen LogP contribution in [0.5, 0.6) is 0 Å². The van der Waals surface area contributed by atoms with E-state index in [9.17, 15) is 0 Å². The standard InChI is InChI=1S/C17H16N2O/c1-2-4-16-12(3-1)9-13(10-19-16)15-7-8-20-17(15)11-18-14-5-6-14/h1-4,7-10,14,18H,5-6,11H2. The van der Waals surface area contributed by atoms with E-state index in [4.69, 9.17) is 4.42 Å². The van der Waals surface area contributed by atoms with Crippen LogP contribution in [0.3, 0.4) is 0 Å². The number of benzene rings is 1. The molecule has 4 rings (SSSR count). The number of fused-ring (bicyclic) bond motifs is 1. The van der Waals surface area contributed by atoms with Crippen LogP contribution in [0.15, 0.2) is 53.3 Å². The minimum absolute atomic E-state index is 0.683. The monoisotopic (exact) mass is 264 g/mol. The van der Waals surface area contributed by atoms with Crippen LogP contribution in [-0.4, -0.2) is 11.0 Å². The van der Waals surface area contributed by atoms with E-state index in [1.807, 2.05) is 30.5 Å². The quantitative estimate of drug-likeness (QED) is 0.780. The van der Waals surface area contributed by atoms with Crippen LogP contribution in [0.2, 0.25) is 0 Å². The van der Waals surface area contributed by atoms with Gasteiger partial charge in [-0.1, -0.05) is 18.2 Å². The Morgan fingerprint density at radius 2 is 2.10 bits per heavy atom. The molecule has 0 atom stereocenters. The summed E-state index contributed by atoms with van der Waals surface area (Å²) in [6.07, 6.45) is 6.25. The van der Waals surface area contributed by atoms with Crippen molar-refractivity contribution < 1.29 is 4.42 Å². The van der Waals surface area contributed by atoms with Gasteiger partial charge in [0.1, 0.15) is 5.76 Å². The molecule has 3 aromatic rings. The predicted octanol–water partition coefficient (Wildman–Crippen LogP) is 3.75. The van der Waals surface area contributed by atoms with Crippen molar-refractivity contribution in [2.75, 3.05) is 0 Å². The first kappa shape index (κ1) is 11.7. The molecule has 1 fully saturated rings.